The molecule has 3 aliphatic rings. The second-order valence-electron chi connectivity index (χ2n) is 9.10. The molecule has 0 N–H and O–H groups in total. The number of rotatable bonds is 6. The molecule has 6 rings (SSSR count). The first-order chi connectivity index (χ1) is 16.1. The molecule has 3 aliphatic heterocycles. The normalized spacial score (nSPS) is 25.1. The van der Waals surface area contributed by atoms with Crippen molar-refractivity contribution < 1.29 is 14.3 Å². The lowest BCUT2D eigenvalue weighted by atomic mass is 9.72. The number of aromatic nitrogens is 1. The minimum atomic E-state index is -0.424. The molecule has 6 heteroatoms. The molecule has 0 amide bonds. The Hall–Kier alpha value is -2.63. The third-order valence-electron chi connectivity index (χ3n) is 7.43. The van der Waals surface area contributed by atoms with Gasteiger partial charge in [0.25, 0.3) is 0 Å². The van der Waals surface area contributed by atoms with Crippen molar-refractivity contribution in [1.82, 2.24) is 9.88 Å². The molecule has 0 radical (unpaired) electrons. The number of benzene rings is 2. The summed E-state index contributed by atoms with van der Waals surface area (Å²) in [4.78, 5) is 20.4. The first-order valence-electron chi connectivity index (χ1n) is 11.7. The second-order valence-corrected chi connectivity index (χ2v) is 9.51. The first-order valence-corrected chi connectivity index (χ1v) is 12.1. The van der Waals surface area contributed by atoms with Crippen molar-refractivity contribution in [3.05, 3.63) is 70.9 Å². The van der Waals surface area contributed by atoms with Gasteiger partial charge in [0.1, 0.15) is 11.9 Å². The molecular formula is C27H29ClN2O3. The molecule has 4 heterocycles. The first kappa shape index (κ1) is 22.2. The number of carbonyl (C=O) groups excluding carboxylic acids is 1. The molecule has 5 atom stereocenters. The summed E-state index contributed by atoms with van der Waals surface area (Å²) in [5.41, 5.74) is 2.21. The van der Waals surface area contributed by atoms with Crippen LogP contribution in [0.5, 0.6) is 5.75 Å². The molecule has 1 aromatic heterocycles. The minimum Gasteiger partial charge on any atom is -0.497 e. The Kier molecular flexibility index (Phi) is 6.26. The highest BCUT2D eigenvalue weighted by molar-refractivity contribution is 6.33. The summed E-state index contributed by atoms with van der Waals surface area (Å²) >= 11 is 6.33. The molecule has 3 saturated heterocycles. The lowest BCUT2D eigenvalue weighted by molar-refractivity contribution is -0.0659. The van der Waals surface area contributed by atoms with Crippen LogP contribution in [-0.2, 0) is 4.74 Å². The van der Waals surface area contributed by atoms with E-state index in [4.69, 9.17) is 21.1 Å². The average Bonchev–Trinajstić information content (AvgIpc) is 2.87. The van der Waals surface area contributed by atoms with Gasteiger partial charge in [-0.3, -0.25) is 9.88 Å². The average molecular weight is 465 g/mol. The van der Waals surface area contributed by atoms with Crippen molar-refractivity contribution in [3.8, 4) is 5.75 Å². The van der Waals surface area contributed by atoms with E-state index in [1.54, 1.807) is 25.4 Å². The number of piperidine rings is 3. The van der Waals surface area contributed by atoms with E-state index >= 15 is 0 Å². The SMILES string of the molecule is CC[C@H]1CN2CC[C@H]1C[C@@H]2[C@@H](OC(=O)c1ccccc1Cl)c1ccnc2ccc(OC)cc12. The van der Waals surface area contributed by atoms with Crippen molar-refractivity contribution in [2.45, 2.75) is 38.3 Å². The van der Waals surface area contributed by atoms with Gasteiger partial charge in [-0.1, -0.05) is 37.1 Å². The van der Waals surface area contributed by atoms with E-state index in [9.17, 15) is 4.79 Å². The number of methoxy groups -OCH3 is 1. The summed E-state index contributed by atoms with van der Waals surface area (Å²) in [7, 11) is 1.66. The number of halogens is 1. The largest absolute Gasteiger partial charge is 0.497 e. The smallest absolute Gasteiger partial charge is 0.340 e. The topological polar surface area (TPSA) is 51.7 Å². The van der Waals surface area contributed by atoms with Crippen molar-refractivity contribution in [3.63, 3.8) is 0 Å². The maximum Gasteiger partial charge on any atom is 0.340 e. The fraction of sp³-hybridized carbons (Fsp3) is 0.407. The van der Waals surface area contributed by atoms with Crippen molar-refractivity contribution in [2.24, 2.45) is 11.8 Å². The minimum absolute atomic E-state index is 0.120. The van der Waals surface area contributed by atoms with Crippen LogP contribution in [0.25, 0.3) is 10.9 Å². The molecule has 172 valence electrons. The molecule has 3 fully saturated rings. The molecular weight excluding hydrogens is 436 g/mol. The van der Waals surface area contributed by atoms with Gasteiger partial charge >= 0.3 is 5.97 Å². The van der Waals surface area contributed by atoms with Crippen LogP contribution in [0.15, 0.2) is 54.7 Å². The van der Waals surface area contributed by atoms with Crippen LogP contribution in [0.3, 0.4) is 0 Å². The zero-order valence-electron chi connectivity index (χ0n) is 19.0. The van der Waals surface area contributed by atoms with Crippen LogP contribution in [0, 0.1) is 11.8 Å². The van der Waals surface area contributed by atoms with Gasteiger partial charge in [0.2, 0.25) is 0 Å². The third kappa shape index (κ3) is 4.20. The van der Waals surface area contributed by atoms with E-state index in [0.717, 1.165) is 41.7 Å². The summed E-state index contributed by atoms with van der Waals surface area (Å²) < 4.78 is 11.8. The molecule has 0 aliphatic carbocycles. The zero-order valence-corrected chi connectivity index (χ0v) is 19.8. The van der Waals surface area contributed by atoms with Gasteiger partial charge < -0.3 is 9.47 Å². The maximum atomic E-state index is 13.3. The summed E-state index contributed by atoms with van der Waals surface area (Å²) in [5, 5.41) is 1.35. The number of pyridine rings is 1. The second kappa shape index (κ2) is 9.32. The van der Waals surface area contributed by atoms with E-state index < -0.39 is 12.1 Å². The van der Waals surface area contributed by atoms with Crippen LogP contribution in [-0.4, -0.2) is 42.1 Å². The van der Waals surface area contributed by atoms with Crippen molar-refractivity contribution in [2.75, 3.05) is 20.2 Å². The van der Waals surface area contributed by atoms with Gasteiger partial charge in [0.05, 0.1) is 29.3 Å². The van der Waals surface area contributed by atoms with Gasteiger partial charge in [-0.05, 0) is 67.6 Å². The molecule has 3 aromatic rings. The van der Waals surface area contributed by atoms with E-state index in [1.165, 1.54) is 12.8 Å². The fourth-order valence-corrected chi connectivity index (χ4v) is 5.85. The predicted molar refractivity (Wildman–Crippen MR) is 130 cm³/mol. The van der Waals surface area contributed by atoms with E-state index in [1.807, 2.05) is 36.4 Å². The summed E-state index contributed by atoms with van der Waals surface area (Å²) in [6.45, 7) is 4.37. The quantitative estimate of drug-likeness (QED) is 0.424. The standard InChI is InChI=1S/C27H29ClN2O3/c1-3-17-16-30-13-11-18(17)14-25(30)26(33-27(31)21-6-4-5-7-23(21)28)20-10-12-29-24-9-8-19(32-2)15-22(20)24/h4-10,12,15,17-18,25-26H,3,11,13-14,16H2,1-2H3/t17-,18-,25+,26-/m0/s1. The number of hydrogen-bond acceptors (Lipinski definition) is 5. The highest BCUT2D eigenvalue weighted by Gasteiger charge is 2.44. The zero-order chi connectivity index (χ0) is 22.9. The van der Waals surface area contributed by atoms with E-state index in [0.29, 0.717) is 22.4 Å². The monoisotopic (exact) mass is 464 g/mol. The lowest BCUT2D eigenvalue weighted by Gasteiger charge is -2.51. The van der Waals surface area contributed by atoms with Crippen molar-refractivity contribution in [1.29, 1.82) is 0 Å². The number of ether oxygens (including phenoxy) is 2. The summed E-state index contributed by atoms with van der Waals surface area (Å²) in [5.74, 6) is 1.73. The Bertz CT molecular complexity index is 1170. The molecule has 0 saturated carbocycles. The van der Waals surface area contributed by atoms with E-state index in [2.05, 4.69) is 16.8 Å². The van der Waals surface area contributed by atoms with Crippen LogP contribution < -0.4 is 4.74 Å². The molecule has 2 bridgehead atoms. The Labute approximate surface area is 199 Å². The van der Waals surface area contributed by atoms with Gasteiger partial charge in [-0.15, -0.1) is 0 Å². The van der Waals surface area contributed by atoms with Gasteiger partial charge in [0, 0.05) is 23.7 Å². The Morgan fingerprint density at radius 2 is 2.09 bits per heavy atom. The summed E-state index contributed by atoms with van der Waals surface area (Å²) in [6.07, 6.45) is 4.80. The number of nitrogens with zero attached hydrogens (tertiary/aromatic N) is 2. The van der Waals surface area contributed by atoms with Gasteiger partial charge in [0.15, 0.2) is 0 Å². The Morgan fingerprint density at radius 3 is 2.82 bits per heavy atom. The number of esters is 1. The number of hydrogen-bond donors (Lipinski definition) is 0. The van der Waals surface area contributed by atoms with Crippen molar-refractivity contribution >= 4 is 28.5 Å². The number of fused-ring (bicyclic) bond motifs is 4. The van der Waals surface area contributed by atoms with Crippen LogP contribution in [0.4, 0.5) is 0 Å². The van der Waals surface area contributed by atoms with E-state index in [-0.39, 0.29) is 6.04 Å². The molecule has 0 spiro atoms. The Balaban J connectivity index is 1.57. The third-order valence-corrected chi connectivity index (χ3v) is 7.76. The Morgan fingerprint density at radius 1 is 1.24 bits per heavy atom. The van der Waals surface area contributed by atoms with Gasteiger partial charge in [-0.25, -0.2) is 4.79 Å². The highest BCUT2D eigenvalue weighted by atomic mass is 35.5. The van der Waals surface area contributed by atoms with Gasteiger partial charge in [-0.2, -0.15) is 0 Å². The molecule has 2 aromatic carbocycles. The summed E-state index contributed by atoms with van der Waals surface area (Å²) in [6, 6.07) is 15.0. The predicted octanol–water partition coefficient (Wildman–Crippen LogP) is 5.92. The highest BCUT2D eigenvalue weighted by Crippen LogP contribution is 2.44. The van der Waals surface area contributed by atoms with Crippen LogP contribution in [0.2, 0.25) is 5.02 Å². The molecule has 1 unspecified atom stereocenters. The lowest BCUT2D eigenvalue weighted by Crippen LogP contribution is -2.55. The molecule has 5 nitrogen and oxygen atoms in total. The van der Waals surface area contributed by atoms with Crippen LogP contribution in [0.1, 0.15) is 48.2 Å². The molecule has 33 heavy (non-hydrogen) atoms. The number of carbonyl (C=O) groups is 1. The van der Waals surface area contributed by atoms with Crippen LogP contribution >= 0.6 is 11.6 Å². The fourth-order valence-electron chi connectivity index (χ4n) is 5.63. The maximum absolute atomic E-state index is 13.3.